The molecule has 1 heterocycles. The first-order valence-corrected chi connectivity index (χ1v) is 6.91. The van der Waals surface area contributed by atoms with Crippen molar-refractivity contribution in [3.8, 4) is 17.6 Å². The Morgan fingerprint density at radius 2 is 2.14 bits per heavy atom. The molecular formula is C18H15NO2. The average molecular weight is 277 g/mol. The monoisotopic (exact) mass is 277 g/mol. The van der Waals surface area contributed by atoms with E-state index in [1.54, 1.807) is 12.1 Å². The van der Waals surface area contributed by atoms with Gasteiger partial charge < -0.3 is 9.84 Å². The Bertz CT molecular complexity index is 741. The third kappa shape index (κ3) is 2.75. The molecule has 1 aliphatic rings. The topological polar surface area (TPSA) is 53.2 Å². The first kappa shape index (κ1) is 13.3. The molecule has 0 spiro atoms. The lowest BCUT2D eigenvalue weighted by molar-refractivity contribution is 0.356. The number of phenolic OH excluding ortho intramolecular Hbond substituents is 1. The third-order valence-corrected chi connectivity index (χ3v) is 3.61. The quantitative estimate of drug-likeness (QED) is 0.934. The minimum Gasteiger partial charge on any atom is -0.508 e. The molecule has 0 radical (unpaired) electrons. The Morgan fingerprint density at radius 1 is 1.29 bits per heavy atom. The van der Waals surface area contributed by atoms with Gasteiger partial charge in [0, 0.05) is 17.5 Å². The fourth-order valence-electron chi connectivity index (χ4n) is 2.47. The van der Waals surface area contributed by atoms with E-state index in [-0.39, 0.29) is 0 Å². The molecule has 1 aliphatic heterocycles. The van der Waals surface area contributed by atoms with Crippen molar-refractivity contribution in [3.63, 3.8) is 0 Å². The lowest BCUT2D eigenvalue weighted by Crippen LogP contribution is -1.88. The van der Waals surface area contributed by atoms with Gasteiger partial charge in [-0.3, -0.25) is 0 Å². The van der Waals surface area contributed by atoms with Gasteiger partial charge in [0.2, 0.25) is 0 Å². The molecule has 21 heavy (non-hydrogen) atoms. The van der Waals surface area contributed by atoms with Crippen LogP contribution in [0.2, 0.25) is 0 Å². The van der Waals surface area contributed by atoms with Gasteiger partial charge in [-0.1, -0.05) is 30.4 Å². The molecule has 2 aromatic carbocycles. The number of benzene rings is 2. The average Bonchev–Trinajstić information content (AvgIpc) is 2.95. The molecule has 104 valence electrons. The summed E-state index contributed by atoms with van der Waals surface area (Å²) in [5, 5.41) is 19.1. The molecule has 0 unspecified atom stereocenters. The van der Waals surface area contributed by atoms with E-state index in [1.807, 2.05) is 36.4 Å². The first-order valence-electron chi connectivity index (χ1n) is 6.91. The summed E-state index contributed by atoms with van der Waals surface area (Å²) in [6, 6.07) is 13.3. The molecule has 1 N–H and O–H groups in total. The number of phenols is 1. The molecule has 0 fully saturated rings. The van der Waals surface area contributed by atoms with Crippen LogP contribution in [0.3, 0.4) is 0 Å². The molecule has 0 aliphatic carbocycles. The SMILES string of the molecule is N#Cc1ccccc1C=CCc1cc2c(cc1O)CCO2. The van der Waals surface area contributed by atoms with Crippen LogP contribution in [-0.4, -0.2) is 11.7 Å². The van der Waals surface area contributed by atoms with Crippen molar-refractivity contribution >= 4 is 6.08 Å². The minimum atomic E-state index is 0.303. The van der Waals surface area contributed by atoms with Gasteiger partial charge in [0.25, 0.3) is 0 Å². The van der Waals surface area contributed by atoms with Crippen LogP contribution in [0.4, 0.5) is 0 Å². The fraction of sp³-hybridized carbons (Fsp3) is 0.167. The molecule has 0 saturated heterocycles. The number of nitrogens with zero attached hydrogens (tertiary/aromatic N) is 1. The standard InChI is InChI=1S/C18H15NO2/c19-12-16-5-2-1-4-13(16)6-3-7-14-11-18-15(8-9-21-18)10-17(14)20/h1-6,10-11,20H,7-9H2. The van der Waals surface area contributed by atoms with Crippen LogP contribution in [0, 0.1) is 11.3 Å². The number of hydrogen-bond acceptors (Lipinski definition) is 3. The number of fused-ring (bicyclic) bond motifs is 1. The largest absolute Gasteiger partial charge is 0.508 e. The van der Waals surface area contributed by atoms with Crippen molar-refractivity contribution in [2.75, 3.05) is 6.61 Å². The summed E-state index contributed by atoms with van der Waals surface area (Å²) in [7, 11) is 0. The molecule has 0 atom stereocenters. The maximum Gasteiger partial charge on any atom is 0.123 e. The third-order valence-electron chi connectivity index (χ3n) is 3.61. The number of rotatable bonds is 3. The number of aromatic hydroxyl groups is 1. The van der Waals surface area contributed by atoms with E-state index in [0.29, 0.717) is 24.3 Å². The highest BCUT2D eigenvalue weighted by Gasteiger charge is 2.14. The minimum absolute atomic E-state index is 0.303. The van der Waals surface area contributed by atoms with E-state index < -0.39 is 0 Å². The van der Waals surface area contributed by atoms with Gasteiger partial charge in [-0.15, -0.1) is 0 Å². The summed E-state index contributed by atoms with van der Waals surface area (Å²) >= 11 is 0. The van der Waals surface area contributed by atoms with E-state index in [9.17, 15) is 5.11 Å². The fourth-order valence-corrected chi connectivity index (χ4v) is 2.47. The van der Waals surface area contributed by atoms with Gasteiger partial charge in [0.1, 0.15) is 11.5 Å². The molecular weight excluding hydrogens is 262 g/mol. The molecule has 3 nitrogen and oxygen atoms in total. The summed E-state index contributed by atoms with van der Waals surface area (Å²) < 4.78 is 5.52. The van der Waals surface area contributed by atoms with Crippen LogP contribution < -0.4 is 4.74 Å². The maximum atomic E-state index is 10.0. The Labute approximate surface area is 123 Å². The second kappa shape index (κ2) is 5.72. The molecule has 0 bridgehead atoms. The molecule has 2 aromatic rings. The highest BCUT2D eigenvalue weighted by atomic mass is 16.5. The highest BCUT2D eigenvalue weighted by molar-refractivity contribution is 5.58. The number of allylic oxidation sites excluding steroid dienone is 1. The zero-order chi connectivity index (χ0) is 14.7. The van der Waals surface area contributed by atoms with Gasteiger partial charge in [-0.2, -0.15) is 5.26 Å². The van der Waals surface area contributed by atoms with Gasteiger partial charge in [0.15, 0.2) is 0 Å². The van der Waals surface area contributed by atoms with E-state index in [4.69, 9.17) is 10.00 Å². The van der Waals surface area contributed by atoms with Crippen molar-refractivity contribution in [2.24, 2.45) is 0 Å². The van der Waals surface area contributed by atoms with Crippen LogP contribution in [0.15, 0.2) is 42.5 Å². The predicted molar refractivity (Wildman–Crippen MR) is 81.2 cm³/mol. The van der Waals surface area contributed by atoms with Crippen molar-refractivity contribution < 1.29 is 9.84 Å². The Kier molecular flexibility index (Phi) is 3.61. The zero-order valence-corrected chi connectivity index (χ0v) is 11.5. The van der Waals surface area contributed by atoms with Gasteiger partial charge >= 0.3 is 0 Å². The first-order chi connectivity index (χ1) is 10.3. The van der Waals surface area contributed by atoms with E-state index in [1.165, 1.54) is 0 Å². The molecule has 0 saturated carbocycles. The van der Waals surface area contributed by atoms with Crippen LogP contribution in [0.25, 0.3) is 6.08 Å². The number of hydrogen-bond donors (Lipinski definition) is 1. The van der Waals surface area contributed by atoms with E-state index in [0.717, 1.165) is 28.9 Å². The van der Waals surface area contributed by atoms with Crippen molar-refractivity contribution in [1.29, 1.82) is 5.26 Å². The van der Waals surface area contributed by atoms with E-state index in [2.05, 4.69) is 6.07 Å². The predicted octanol–water partition coefficient (Wildman–Crippen LogP) is 3.45. The lowest BCUT2D eigenvalue weighted by Gasteiger charge is -2.05. The smallest absolute Gasteiger partial charge is 0.123 e. The Morgan fingerprint density at radius 3 is 3.00 bits per heavy atom. The molecule has 0 amide bonds. The molecule has 3 heteroatoms. The van der Waals surface area contributed by atoms with E-state index >= 15 is 0 Å². The lowest BCUT2D eigenvalue weighted by atomic mass is 10.0. The summed E-state index contributed by atoms with van der Waals surface area (Å²) in [4.78, 5) is 0. The molecule has 0 aromatic heterocycles. The second-order valence-corrected chi connectivity index (χ2v) is 4.99. The summed E-state index contributed by atoms with van der Waals surface area (Å²) in [5.41, 5.74) is 3.43. The van der Waals surface area contributed by atoms with Gasteiger partial charge in [0.05, 0.1) is 18.2 Å². The van der Waals surface area contributed by atoms with Gasteiger partial charge in [-0.05, 0) is 30.2 Å². The van der Waals surface area contributed by atoms with Crippen LogP contribution in [-0.2, 0) is 12.8 Å². The van der Waals surface area contributed by atoms with Crippen molar-refractivity contribution in [2.45, 2.75) is 12.8 Å². The van der Waals surface area contributed by atoms with Crippen LogP contribution in [0.1, 0.15) is 22.3 Å². The molecule has 3 rings (SSSR count). The van der Waals surface area contributed by atoms with Crippen LogP contribution in [0.5, 0.6) is 11.5 Å². The maximum absolute atomic E-state index is 10.0. The van der Waals surface area contributed by atoms with Gasteiger partial charge in [-0.25, -0.2) is 0 Å². The summed E-state index contributed by atoms with van der Waals surface area (Å²) in [5.74, 6) is 1.17. The number of nitriles is 1. The summed E-state index contributed by atoms with van der Waals surface area (Å²) in [6.45, 7) is 0.684. The van der Waals surface area contributed by atoms with Crippen molar-refractivity contribution in [3.05, 3.63) is 64.7 Å². The Hall–Kier alpha value is -2.73. The Balaban J connectivity index is 1.79. The number of ether oxygens (including phenoxy) is 1. The van der Waals surface area contributed by atoms with Crippen LogP contribution >= 0.6 is 0 Å². The summed E-state index contributed by atoms with van der Waals surface area (Å²) in [6.07, 6.45) is 5.31. The van der Waals surface area contributed by atoms with Crippen molar-refractivity contribution in [1.82, 2.24) is 0 Å². The highest BCUT2D eigenvalue weighted by Crippen LogP contribution is 2.32. The zero-order valence-electron chi connectivity index (χ0n) is 11.5. The normalized spacial score (nSPS) is 12.9. The second-order valence-electron chi connectivity index (χ2n) is 4.99.